The summed E-state index contributed by atoms with van der Waals surface area (Å²) in [6.45, 7) is 8.21. The lowest BCUT2D eigenvalue weighted by Crippen LogP contribution is -2.52. The van der Waals surface area contributed by atoms with Crippen molar-refractivity contribution in [2.75, 3.05) is 17.1 Å². The summed E-state index contributed by atoms with van der Waals surface area (Å²) < 4.78 is 26.2. The highest BCUT2D eigenvalue weighted by atomic mass is 32.2. The Morgan fingerprint density at radius 3 is 2.21 bits per heavy atom. The Morgan fingerprint density at radius 1 is 1.00 bits per heavy atom. The summed E-state index contributed by atoms with van der Waals surface area (Å²) in [7, 11) is -3.86. The van der Waals surface area contributed by atoms with Crippen molar-refractivity contribution in [1.82, 2.24) is 10.2 Å². The molecule has 0 saturated heterocycles. The van der Waals surface area contributed by atoms with Gasteiger partial charge >= 0.3 is 0 Å². The highest BCUT2D eigenvalue weighted by molar-refractivity contribution is 7.92. The number of aryl methyl sites for hydroxylation is 1. The van der Waals surface area contributed by atoms with Gasteiger partial charge in [-0.15, -0.1) is 0 Å². The zero-order valence-electron chi connectivity index (χ0n) is 20.5. The van der Waals surface area contributed by atoms with E-state index in [4.69, 9.17) is 0 Å². The van der Waals surface area contributed by atoms with Crippen LogP contribution in [0.2, 0.25) is 0 Å². The highest BCUT2D eigenvalue weighted by Gasteiger charge is 2.30. The maximum atomic E-state index is 13.5. The number of benzene rings is 2. The van der Waals surface area contributed by atoms with Crippen LogP contribution in [0.4, 0.5) is 5.69 Å². The van der Waals surface area contributed by atoms with E-state index in [2.05, 4.69) is 5.32 Å². The van der Waals surface area contributed by atoms with Gasteiger partial charge < -0.3 is 10.2 Å². The molecule has 0 bridgehead atoms. The number of hydrogen-bond donors (Lipinski definition) is 1. The van der Waals surface area contributed by atoms with Crippen LogP contribution in [0.5, 0.6) is 0 Å². The van der Waals surface area contributed by atoms with Gasteiger partial charge in [0.05, 0.1) is 11.9 Å². The SMILES string of the molecule is CC(=O)c1cccc(N(CC(=O)N(Cc2cccc(C)c2)[C@@H](C)C(=O)NC(C)C)S(C)(=O)=O)c1. The Kier molecular flexibility index (Phi) is 8.98. The second-order valence-electron chi connectivity index (χ2n) is 8.73. The number of carbonyl (C=O) groups excluding carboxylic acids is 3. The fraction of sp³-hybridized carbons (Fsp3) is 0.400. The van der Waals surface area contributed by atoms with Crippen molar-refractivity contribution in [2.45, 2.75) is 53.2 Å². The monoisotopic (exact) mass is 487 g/mol. The quantitative estimate of drug-likeness (QED) is 0.519. The zero-order valence-corrected chi connectivity index (χ0v) is 21.3. The van der Waals surface area contributed by atoms with Gasteiger partial charge in [-0.2, -0.15) is 0 Å². The minimum absolute atomic E-state index is 0.118. The predicted octanol–water partition coefficient (Wildman–Crippen LogP) is 2.91. The number of rotatable bonds is 10. The van der Waals surface area contributed by atoms with E-state index >= 15 is 0 Å². The second-order valence-corrected chi connectivity index (χ2v) is 10.6. The van der Waals surface area contributed by atoms with E-state index < -0.39 is 28.5 Å². The topological polar surface area (TPSA) is 104 Å². The largest absolute Gasteiger partial charge is 0.352 e. The maximum Gasteiger partial charge on any atom is 0.244 e. The molecule has 9 heteroatoms. The Bertz CT molecular complexity index is 1160. The smallest absolute Gasteiger partial charge is 0.244 e. The van der Waals surface area contributed by atoms with Crippen molar-refractivity contribution >= 4 is 33.3 Å². The van der Waals surface area contributed by atoms with Gasteiger partial charge in [-0.25, -0.2) is 8.42 Å². The maximum absolute atomic E-state index is 13.5. The van der Waals surface area contributed by atoms with Crippen molar-refractivity contribution in [3.63, 3.8) is 0 Å². The van der Waals surface area contributed by atoms with Gasteiger partial charge in [0.2, 0.25) is 21.8 Å². The molecule has 0 aliphatic carbocycles. The standard InChI is InChI=1S/C25H33N3O5S/c1-17(2)26-25(31)19(4)27(15-21-10-7-9-18(3)13-21)24(30)16-28(34(6,32)33)23-12-8-11-22(14-23)20(5)29/h7-14,17,19H,15-16H2,1-6H3,(H,26,31)/t19-/m0/s1. The number of nitrogens with one attached hydrogen (secondary N) is 1. The highest BCUT2D eigenvalue weighted by Crippen LogP contribution is 2.21. The predicted molar refractivity (Wildman–Crippen MR) is 133 cm³/mol. The second kappa shape index (κ2) is 11.3. The number of ketones is 1. The van der Waals surface area contributed by atoms with Crippen molar-refractivity contribution in [3.8, 4) is 0 Å². The van der Waals surface area contributed by atoms with Crippen LogP contribution in [0.3, 0.4) is 0 Å². The average Bonchev–Trinajstić information content (AvgIpc) is 2.74. The van der Waals surface area contributed by atoms with Gasteiger partial charge in [-0.1, -0.05) is 42.0 Å². The molecule has 0 aromatic heterocycles. The molecule has 2 rings (SSSR count). The number of carbonyl (C=O) groups is 3. The molecular formula is C25H33N3O5S. The first-order valence-electron chi connectivity index (χ1n) is 11.0. The van der Waals surface area contributed by atoms with E-state index in [0.29, 0.717) is 5.56 Å². The van der Waals surface area contributed by atoms with Crippen LogP contribution in [0, 0.1) is 6.92 Å². The lowest BCUT2D eigenvalue weighted by molar-refractivity contribution is -0.139. The fourth-order valence-electron chi connectivity index (χ4n) is 3.49. The number of anilines is 1. The zero-order chi connectivity index (χ0) is 25.6. The minimum Gasteiger partial charge on any atom is -0.352 e. The van der Waals surface area contributed by atoms with Crippen LogP contribution >= 0.6 is 0 Å². The molecular weight excluding hydrogens is 454 g/mol. The van der Waals surface area contributed by atoms with E-state index in [1.807, 2.05) is 45.0 Å². The van der Waals surface area contributed by atoms with Crippen LogP contribution in [-0.2, 0) is 26.2 Å². The molecule has 0 unspecified atom stereocenters. The van der Waals surface area contributed by atoms with Crippen molar-refractivity contribution in [1.29, 1.82) is 0 Å². The van der Waals surface area contributed by atoms with Crippen LogP contribution in [0.25, 0.3) is 0 Å². The molecule has 0 saturated carbocycles. The summed E-state index contributed by atoms with van der Waals surface area (Å²) >= 11 is 0. The summed E-state index contributed by atoms with van der Waals surface area (Å²) in [4.78, 5) is 39.4. The number of hydrogen-bond acceptors (Lipinski definition) is 5. The Morgan fingerprint density at radius 2 is 1.65 bits per heavy atom. The molecule has 2 aromatic carbocycles. The summed E-state index contributed by atoms with van der Waals surface area (Å²) in [6.07, 6.45) is 1.00. The van der Waals surface area contributed by atoms with Gasteiger partial charge in [0, 0.05) is 18.2 Å². The number of sulfonamides is 1. The summed E-state index contributed by atoms with van der Waals surface area (Å²) in [6, 6.07) is 12.7. The minimum atomic E-state index is -3.86. The molecule has 1 N–H and O–H groups in total. The number of Topliss-reactive ketones (excluding diaryl/α,β-unsaturated/α-hetero) is 1. The Labute approximate surface area is 202 Å². The van der Waals surface area contributed by atoms with Crippen LogP contribution in [0.1, 0.15) is 49.2 Å². The number of nitrogens with zero attached hydrogens (tertiary/aromatic N) is 2. The molecule has 1 atom stereocenters. The molecule has 0 heterocycles. The average molecular weight is 488 g/mol. The normalized spacial score (nSPS) is 12.2. The Hall–Kier alpha value is -3.20. The summed E-state index contributed by atoms with van der Waals surface area (Å²) in [5.41, 5.74) is 2.36. The first-order chi connectivity index (χ1) is 15.8. The summed E-state index contributed by atoms with van der Waals surface area (Å²) in [5, 5.41) is 2.81. The van der Waals surface area contributed by atoms with Gasteiger partial charge in [0.25, 0.3) is 0 Å². The lowest BCUT2D eigenvalue weighted by Gasteiger charge is -2.32. The number of amides is 2. The molecule has 8 nitrogen and oxygen atoms in total. The van der Waals surface area contributed by atoms with E-state index in [1.54, 1.807) is 19.1 Å². The third-order valence-corrected chi connectivity index (χ3v) is 6.39. The van der Waals surface area contributed by atoms with Gasteiger partial charge in [-0.3, -0.25) is 18.7 Å². The van der Waals surface area contributed by atoms with E-state index in [0.717, 1.165) is 21.7 Å². The molecule has 34 heavy (non-hydrogen) atoms. The Balaban J connectivity index is 2.43. The summed E-state index contributed by atoms with van der Waals surface area (Å²) in [5.74, 6) is -1.09. The van der Waals surface area contributed by atoms with Crippen molar-refractivity contribution in [3.05, 3.63) is 65.2 Å². The molecule has 2 aromatic rings. The third kappa shape index (κ3) is 7.41. The third-order valence-electron chi connectivity index (χ3n) is 5.25. The first kappa shape index (κ1) is 27.0. The van der Waals surface area contributed by atoms with Gasteiger partial charge in [-0.05, 0) is 52.3 Å². The van der Waals surface area contributed by atoms with Crippen molar-refractivity contribution < 1.29 is 22.8 Å². The van der Waals surface area contributed by atoms with Crippen LogP contribution in [0.15, 0.2) is 48.5 Å². The van der Waals surface area contributed by atoms with Crippen LogP contribution < -0.4 is 9.62 Å². The molecule has 0 aliphatic rings. The lowest BCUT2D eigenvalue weighted by atomic mass is 10.1. The molecule has 0 aliphatic heterocycles. The van der Waals surface area contributed by atoms with Gasteiger partial charge in [0.1, 0.15) is 12.6 Å². The fourth-order valence-corrected chi connectivity index (χ4v) is 4.33. The molecule has 0 fully saturated rings. The van der Waals surface area contributed by atoms with E-state index in [-0.39, 0.29) is 30.0 Å². The first-order valence-corrected chi connectivity index (χ1v) is 12.9. The van der Waals surface area contributed by atoms with E-state index in [1.165, 1.54) is 24.0 Å². The molecule has 184 valence electrons. The molecule has 0 spiro atoms. The van der Waals surface area contributed by atoms with Gasteiger partial charge in [0.15, 0.2) is 5.78 Å². The molecule has 0 radical (unpaired) electrons. The van der Waals surface area contributed by atoms with Crippen molar-refractivity contribution in [2.24, 2.45) is 0 Å². The van der Waals surface area contributed by atoms with E-state index in [9.17, 15) is 22.8 Å². The molecule has 2 amide bonds. The van der Waals surface area contributed by atoms with Crippen LogP contribution in [-0.4, -0.2) is 55.8 Å².